The fourth-order valence-corrected chi connectivity index (χ4v) is 3.75. The lowest BCUT2D eigenvalue weighted by atomic mass is 10.2. The fourth-order valence-electron chi connectivity index (χ4n) is 2.24. The van der Waals surface area contributed by atoms with Gasteiger partial charge in [0, 0.05) is 27.3 Å². The van der Waals surface area contributed by atoms with E-state index in [0.29, 0.717) is 5.56 Å². The summed E-state index contributed by atoms with van der Waals surface area (Å²) in [7, 11) is -0.573. The molecule has 1 aromatic rings. The molecule has 0 aromatic heterocycles. The molecule has 1 heterocycles. The molecule has 1 aromatic carbocycles. The molecule has 20 heavy (non-hydrogen) atoms. The largest absolute Gasteiger partial charge is 0.377 e. The van der Waals surface area contributed by atoms with Crippen molar-refractivity contribution in [3.05, 3.63) is 29.8 Å². The summed E-state index contributed by atoms with van der Waals surface area (Å²) < 4.78 is 36.9. The van der Waals surface area contributed by atoms with Crippen molar-refractivity contribution in [2.75, 3.05) is 27.3 Å². The lowest BCUT2D eigenvalue weighted by Crippen LogP contribution is -2.30. The number of rotatable bonds is 4. The Morgan fingerprint density at radius 2 is 1.85 bits per heavy atom. The molecule has 108 valence electrons. The molecule has 2 unspecified atom stereocenters. The van der Waals surface area contributed by atoms with E-state index in [1.165, 1.54) is 30.7 Å². The quantitative estimate of drug-likeness (QED) is 0.812. The summed E-state index contributed by atoms with van der Waals surface area (Å²) in [5.41, 5.74) is 0.317. The van der Waals surface area contributed by atoms with Gasteiger partial charge in [-0.25, -0.2) is 8.42 Å². The van der Waals surface area contributed by atoms with Crippen LogP contribution in [0.25, 0.3) is 0 Å². The number of nitrogens with zero attached hydrogens (tertiary/aromatic N) is 2. The molecule has 0 amide bonds. The van der Waals surface area contributed by atoms with Gasteiger partial charge in [0.15, 0.2) is 0 Å². The summed E-state index contributed by atoms with van der Waals surface area (Å²) >= 11 is 0. The van der Waals surface area contributed by atoms with Gasteiger partial charge < -0.3 is 9.47 Å². The van der Waals surface area contributed by atoms with Gasteiger partial charge in [-0.1, -0.05) is 6.07 Å². The Labute approximate surface area is 118 Å². The Morgan fingerprint density at radius 1 is 1.25 bits per heavy atom. The van der Waals surface area contributed by atoms with Gasteiger partial charge in [0.05, 0.1) is 28.7 Å². The SMILES string of the molecule is COC1CN(S(=O)(=O)c2cccc(C#N)c2)CC1OC. The minimum Gasteiger partial charge on any atom is -0.377 e. The third-order valence-corrected chi connectivity index (χ3v) is 5.22. The smallest absolute Gasteiger partial charge is 0.243 e. The highest BCUT2D eigenvalue weighted by atomic mass is 32.2. The summed E-state index contributed by atoms with van der Waals surface area (Å²) in [6, 6.07) is 7.92. The van der Waals surface area contributed by atoms with Crippen LogP contribution in [-0.4, -0.2) is 52.2 Å². The summed E-state index contributed by atoms with van der Waals surface area (Å²) in [6.07, 6.45) is -0.567. The molecule has 1 fully saturated rings. The molecule has 0 radical (unpaired) electrons. The number of ether oxygens (including phenoxy) is 2. The van der Waals surface area contributed by atoms with Crippen LogP contribution in [0.5, 0.6) is 0 Å². The van der Waals surface area contributed by atoms with Gasteiger partial charge >= 0.3 is 0 Å². The normalized spacial score (nSPS) is 23.6. The van der Waals surface area contributed by atoms with Crippen molar-refractivity contribution in [3.63, 3.8) is 0 Å². The van der Waals surface area contributed by atoms with E-state index < -0.39 is 10.0 Å². The molecule has 0 aliphatic carbocycles. The zero-order valence-corrected chi connectivity index (χ0v) is 12.1. The minimum absolute atomic E-state index is 0.114. The maximum absolute atomic E-state index is 12.5. The second kappa shape index (κ2) is 5.89. The monoisotopic (exact) mass is 296 g/mol. The third-order valence-electron chi connectivity index (χ3n) is 3.39. The van der Waals surface area contributed by atoms with Crippen LogP contribution in [0.1, 0.15) is 5.56 Å². The third kappa shape index (κ3) is 2.69. The molecule has 0 saturated carbocycles. The zero-order chi connectivity index (χ0) is 14.8. The van der Waals surface area contributed by atoms with Crippen LogP contribution in [0, 0.1) is 11.3 Å². The highest BCUT2D eigenvalue weighted by Crippen LogP contribution is 2.24. The van der Waals surface area contributed by atoms with E-state index in [9.17, 15) is 8.42 Å². The standard InChI is InChI=1S/C13H16N2O4S/c1-18-12-8-15(9-13(12)19-2)20(16,17)11-5-3-4-10(6-11)7-14/h3-6,12-13H,8-9H2,1-2H3. The van der Waals surface area contributed by atoms with Gasteiger partial charge in [-0.3, -0.25) is 0 Å². The topological polar surface area (TPSA) is 79.6 Å². The Kier molecular flexibility index (Phi) is 4.40. The van der Waals surface area contributed by atoms with Crippen molar-refractivity contribution < 1.29 is 17.9 Å². The molecule has 2 atom stereocenters. The van der Waals surface area contributed by atoms with Gasteiger partial charge in [0.25, 0.3) is 0 Å². The van der Waals surface area contributed by atoms with E-state index in [0.717, 1.165) is 0 Å². The summed E-state index contributed by atoms with van der Waals surface area (Å²) in [6.45, 7) is 0.488. The van der Waals surface area contributed by atoms with E-state index in [4.69, 9.17) is 14.7 Å². The highest BCUT2D eigenvalue weighted by Gasteiger charge is 2.39. The predicted octanol–water partition coefficient (Wildman–Crippen LogP) is 0.593. The molecular weight excluding hydrogens is 280 g/mol. The Morgan fingerprint density at radius 3 is 2.35 bits per heavy atom. The first-order chi connectivity index (χ1) is 9.52. The number of methoxy groups -OCH3 is 2. The Balaban J connectivity index is 2.30. The van der Waals surface area contributed by atoms with Gasteiger partial charge in [-0.05, 0) is 18.2 Å². The van der Waals surface area contributed by atoms with Crippen LogP contribution in [0.15, 0.2) is 29.2 Å². The van der Waals surface area contributed by atoms with Crippen LogP contribution in [0.2, 0.25) is 0 Å². The molecule has 2 rings (SSSR count). The van der Waals surface area contributed by atoms with Crippen LogP contribution >= 0.6 is 0 Å². The lowest BCUT2D eigenvalue weighted by Gasteiger charge is -2.15. The second-order valence-electron chi connectivity index (χ2n) is 4.51. The maximum atomic E-state index is 12.5. The van der Waals surface area contributed by atoms with E-state index in [-0.39, 0.29) is 30.2 Å². The zero-order valence-electron chi connectivity index (χ0n) is 11.3. The van der Waals surface area contributed by atoms with Crippen molar-refractivity contribution in [1.82, 2.24) is 4.31 Å². The molecule has 1 aliphatic heterocycles. The van der Waals surface area contributed by atoms with Gasteiger partial charge in [0.2, 0.25) is 10.0 Å². The molecule has 6 nitrogen and oxygen atoms in total. The molecule has 0 bridgehead atoms. The first-order valence-corrected chi connectivity index (χ1v) is 7.53. The van der Waals surface area contributed by atoms with Crippen LogP contribution < -0.4 is 0 Å². The molecule has 1 aliphatic rings. The number of hydrogen-bond donors (Lipinski definition) is 0. The Hall–Kier alpha value is -1.46. The van der Waals surface area contributed by atoms with Crippen LogP contribution in [0.3, 0.4) is 0 Å². The first kappa shape index (κ1) is 14.9. The number of sulfonamides is 1. The summed E-state index contributed by atoms with van der Waals surface area (Å²) in [5.74, 6) is 0. The average molecular weight is 296 g/mol. The highest BCUT2D eigenvalue weighted by molar-refractivity contribution is 7.89. The van der Waals surface area contributed by atoms with Gasteiger partial charge in [-0.2, -0.15) is 9.57 Å². The second-order valence-corrected chi connectivity index (χ2v) is 6.45. The fraction of sp³-hybridized carbons (Fsp3) is 0.462. The first-order valence-electron chi connectivity index (χ1n) is 6.09. The molecule has 0 spiro atoms. The van der Waals surface area contributed by atoms with Crippen molar-refractivity contribution >= 4 is 10.0 Å². The molecular formula is C13H16N2O4S. The van der Waals surface area contributed by atoms with E-state index in [1.54, 1.807) is 12.1 Å². The van der Waals surface area contributed by atoms with Crippen molar-refractivity contribution in [3.8, 4) is 6.07 Å². The maximum Gasteiger partial charge on any atom is 0.243 e. The minimum atomic E-state index is -3.64. The average Bonchev–Trinajstić information content (AvgIpc) is 2.91. The van der Waals surface area contributed by atoms with Crippen LogP contribution in [-0.2, 0) is 19.5 Å². The molecule has 1 saturated heterocycles. The van der Waals surface area contributed by atoms with E-state index in [1.807, 2.05) is 6.07 Å². The summed E-state index contributed by atoms with van der Waals surface area (Å²) in [5, 5.41) is 8.85. The number of nitriles is 1. The van der Waals surface area contributed by atoms with Gasteiger partial charge in [-0.15, -0.1) is 0 Å². The van der Waals surface area contributed by atoms with Crippen molar-refractivity contribution in [1.29, 1.82) is 5.26 Å². The van der Waals surface area contributed by atoms with Crippen molar-refractivity contribution in [2.45, 2.75) is 17.1 Å². The molecule has 0 N–H and O–H groups in total. The van der Waals surface area contributed by atoms with E-state index in [2.05, 4.69) is 0 Å². The lowest BCUT2D eigenvalue weighted by molar-refractivity contribution is -0.00461. The predicted molar refractivity (Wildman–Crippen MR) is 71.5 cm³/mol. The molecule has 7 heteroatoms. The number of benzene rings is 1. The Bertz CT molecular complexity index is 612. The number of hydrogen-bond acceptors (Lipinski definition) is 5. The van der Waals surface area contributed by atoms with E-state index >= 15 is 0 Å². The van der Waals surface area contributed by atoms with Crippen molar-refractivity contribution in [2.24, 2.45) is 0 Å². The van der Waals surface area contributed by atoms with Gasteiger partial charge in [0.1, 0.15) is 0 Å². The van der Waals surface area contributed by atoms with Crippen LogP contribution in [0.4, 0.5) is 0 Å². The summed E-state index contributed by atoms with van der Waals surface area (Å²) in [4.78, 5) is 0.114.